The minimum absolute atomic E-state index is 0.154. The second-order valence-electron chi connectivity index (χ2n) is 4.66. The summed E-state index contributed by atoms with van der Waals surface area (Å²) in [5, 5.41) is 0. The number of hydrogen-bond acceptors (Lipinski definition) is 2. The first-order chi connectivity index (χ1) is 8.40. The van der Waals surface area contributed by atoms with Gasteiger partial charge in [-0.3, -0.25) is 0 Å². The van der Waals surface area contributed by atoms with Gasteiger partial charge in [0.25, 0.3) is 0 Å². The lowest BCUT2D eigenvalue weighted by atomic mass is 10.1. The smallest absolute Gasteiger partial charge is 0.148 e. The first-order valence-electron chi connectivity index (χ1n) is 5.89. The number of halogens is 2. The quantitative estimate of drug-likeness (QED) is 0.770. The lowest BCUT2D eigenvalue weighted by Crippen LogP contribution is -2.17. The van der Waals surface area contributed by atoms with Crippen molar-refractivity contribution < 1.29 is 4.74 Å². The van der Waals surface area contributed by atoms with E-state index < -0.39 is 0 Å². The highest BCUT2D eigenvalue weighted by Crippen LogP contribution is 2.35. The zero-order valence-electron chi connectivity index (χ0n) is 11.0. The Bertz CT molecular complexity index is 414. The van der Waals surface area contributed by atoms with E-state index in [-0.39, 0.29) is 6.04 Å². The molecule has 4 heteroatoms. The molecule has 1 aromatic carbocycles. The van der Waals surface area contributed by atoms with Crippen LogP contribution in [0.4, 0.5) is 0 Å². The van der Waals surface area contributed by atoms with Crippen LogP contribution in [0.5, 0.6) is 5.75 Å². The van der Waals surface area contributed by atoms with Crippen molar-refractivity contribution in [3.8, 4) is 5.75 Å². The lowest BCUT2D eigenvalue weighted by Gasteiger charge is -2.12. The number of hydrogen-bond donors (Lipinski definition) is 1. The molecule has 1 rings (SSSR count). The monoisotopic (exact) mass is 375 g/mol. The molecule has 2 nitrogen and oxygen atoms in total. The molecule has 0 amide bonds. The van der Waals surface area contributed by atoms with Crippen molar-refractivity contribution in [3.05, 3.63) is 38.3 Å². The summed E-state index contributed by atoms with van der Waals surface area (Å²) in [5.41, 5.74) is 8.25. The fourth-order valence-corrected chi connectivity index (χ4v) is 3.04. The van der Waals surface area contributed by atoms with Crippen LogP contribution in [0.3, 0.4) is 0 Å². The highest BCUT2D eigenvalue weighted by Gasteiger charge is 2.09. The first kappa shape index (κ1) is 15.7. The summed E-state index contributed by atoms with van der Waals surface area (Å²) in [6.07, 6.45) is 2.90. The summed E-state index contributed by atoms with van der Waals surface area (Å²) in [5.74, 6) is 0.834. The zero-order chi connectivity index (χ0) is 13.7. The van der Waals surface area contributed by atoms with Crippen LogP contribution >= 0.6 is 31.9 Å². The van der Waals surface area contributed by atoms with E-state index in [1.807, 2.05) is 6.92 Å². The summed E-state index contributed by atoms with van der Waals surface area (Å²) in [6, 6.07) is 4.28. The first-order valence-corrected chi connectivity index (χ1v) is 7.48. The van der Waals surface area contributed by atoms with Gasteiger partial charge in [-0.2, -0.15) is 0 Å². The van der Waals surface area contributed by atoms with E-state index >= 15 is 0 Å². The molecule has 1 atom stereocenters. The van der Waals surface area contributed by atoms with Crippen molar-refractivity contribution in [2.45, 2.75) is 33.2 Å². The molecule has 0 bridgehead atoms. The van der Waals surface area contributed by atoms with Gasteiger partial charge in [0.1, 0.15) is 12.4 Å². The molecule has 18 heavy (non-hydrogen) atoms. The molecule has 0 aliphatic heterocycles. The van der Waals surface area contributed by atoms with Crippen molar-refractivity contribution in [2.24, 2.45) is 5.73 Å². The van der Waals surface area contributed by atoms with Crippen molar-refractivity contribution in [3.63, 3.8) is 0 Å². The van der Waals surface area contributed by atoms with Gasteiger partial charge in [-0.1, -0.05) is 5.57 Å². The molecule has 0 aromatic heterocycles. The van der Waals surface area contributed by atoms with Crippen LogP contribution in [0, 0.1) is 0 Å². The zero-order valence-corrected chi connectivity index (χ0v) is 14.1. The Kier molecular flexibility index (Phi) is 6.39. The van der Waals surface area contributed by atoms with E-state index in [0.29, 0.717) is 6.61 Å². The third-order valence-corrected chi connectivity index (χ3v) is 3.51. The van der Waals surface area contributed by atoms with Gasteiger partial charge < -0.3 is 10.5 Å². The third kappa shape index (κ3) is 5.12. The molecule has 0 aliphatic carbocycles. The largest absolute Gasteiger partial charge is 0.487 e. The third-order valence-electron chi connectivity index (χ3n) is 2.33. The predicted octanol–water partition coefficient (Wildman–Crippen LogP) is 4.45. The number of benzene rings is 1. The van der Waals surface area contributed by atoms with E-state index in [9.17, 15) is 0 Å². The van der Waals surface area contributed by atoms with Crippen molar-refractivity contribution in [1.29, 1.82) is 0 Å². The number of allylic oxidation sites excluding steroid dienone is 1. The summed E-state index contributed by atoms with van der Waals surface area (Å²) in [6.45, 7) is 6.69. The molecule has 100 valence electrons. The van der Waals surface area contributed by atoms with E-state index in [1.165, 1.54) is 11.1 Å². The highest BCUT2D eigenvalue weighted by molar-refractivity contribution is 9.11. The summed E-state index contributed by atoms with van der Waals surface area (Å²) >= 11 is 7.08. The molecular weight excluding hydrogens is 358 g/mol. The Labute approximate surface area is 126 Å². The molecule has 0 spiro atoms. The van der Waals surface area contributed by atoms with Gasteiger partial charge in [0.2, 0.25) is 0 Å². The fourth-order valence-electron chi connectivity index (χ4n) is 1.53. The summed E-state index contributed by atoms with van der Waals surface area (Å²) in [7, 11) is 0. The van der Waals surface area contributed by atoms with E-state index in [4.69, 9.17) is 10.5 Å². The minimum Gasteiger partial charge on any atom is -0.487 e. The maximum atomic E-state index is 5.81. The van der Waals surface area contributed by atoms with Gasteiger partial charge in [0, 0.05) is 6.04 Å². The Hall–Kier alpha value is -0.320. The van der Waals surface area contributed by atoms with Gasteiger partial charge >= 0.3 is 0 Å². The number of rotatable bonds is 5. The fraction of sp³-hybridized carbons (Fsp3) is 0.429. The van der Waals surface area contributed by atoms with Crippen LogP contribution in [0.2, 0.25) is 0 Å². The number of nitrogens with two attached hydrogens (primary N) is 1. The van der Waals surface area contributed by atoms with Crippen LogP contribution in [0.15, 0.2) is 32.7 Å². The number of ether oxygens (including phenoxy) is 1. The second kappa shape index (κ2) is 7.31. The molecule has 0 saturated heterocycles. The maximum absolute atomic E-state index is 5.81. The predicted molar refractivity (Wildman–Crippen MR) is 84.1 cm³/mol. The Morgan fingerprint density at radius 1 is 1.33 bits per heavy atom. The van der Waals surface area contributed by atoms with Crippen LogP contribution < -0.4 is 10.5 Å². The molecule has 0 radical (unpaired) electrons. The maximum Gasteiger partial charge on any atom is 0.148 e. The van der Waals surface area contributed by atoms with Gasteiger partial charge in [-0.05, 0) is 82.8 Å². The minimum atomic E-state index is 0.154. The van der Waals surface area contributed by atoms with Gasteiger partial charge in [0.05, 0.1) is 8.95 Å². The SMILES string of the molecule is CC(C)=CCOc1c(Br)cc(CC(C)N)cc1Br. The summed E-state index contributed by atoms with van der Waals surface area (Å²) in [4.78, 5) is 0. The van der Waals surface area contributed by atoms with Gasteiger partial charge in [-0.15, -0.1) is 0 Å². The molecular formula is C14H19Br2NO. The van der Waals surface area contributed by atoms with Crippen LogP contribution in [0.25, 0.3) is 0 Å². The molecule has 0 aliphatic rings. The second-order valence-corrected chi connectivity index (χ2v) is 6.37. The molecule has 0 fully saturated rings. The van der Waals surface area contributed by atoms with Crippen molar-refractivity contribution in [2.75, 3.05) is 6.61 Å². The average molecular weight is 377 g/mol. The molecule has 2 N–H and O–H groups in total. The lowest BCUT2D eigenvalue weighted by molar-refractivity contribution is 0.357. The van der Waals surface area contributed by atoms with Crippen molar-refractivity contribution in [1.82, 2.24) is 0 Å². The molecule has 1 unspecified atom stereocenters. The highest BCUT2D eigenvalue weighted by atomic mass is 79.9. The van der Waals surface area contributed by atoms with E-state index in [2.05, 4.69) is 63.9 Å². The Morgan fingerprint density at radius 2 is 1.89 bits per heavy atom. The topological polar surface area (TPSA) is 35.2 Å². The van der Waals surface area contributed by atoms with Crippen LogP contribution in [-0.4, -0.2) is 12.6 Å². The average Bonchev–Trinajstić information content (AvgIpc) is 2.20. The molecule has 1 aromatic rings. The van der Waals surface area contributed by atoms with Crippen LogP contribution in [-0.2, 0) is 6.42 Å². The standard InChI is InChI=1S/C14H19Br2NO/c1-9(2)4-5-18-14-12(15)7-11(6-10(3)17)8-13(14)16/h4,7-8,10H,5-6,17H2,1-3H3. The normalized spacial score (nSPS) is 12.1. The summed E-state index contributed by atoms with van der Waals surface area (Å²) < 4.78 is 7.64. The van der Waals surface area contributed by atoms with Gasteiger partial charge in [0.15, 0.2) is 0 Å². The van der Waals surface area contributed by atoms with E-state index in [0.717, 1.165) is 21.1 Å². The van der Waals surface area contributed by atoms with Crippen molar-refractivity contribution >= 4 is 31.9 Å². The van der Waals surface area contributed by atoms with E-state index in [1.54, 1.807) is 0 Å². The molecule has 0 saturated carbocycles. The van der Waals surface area contributed by atoms with Gasteiger partial charge in [-0.25, -0.2) is 0 Å². The Balaban J connectivity index is 2.84. The Morgan fingerprint density at radius 3 is 2.33 bits per heavy atom. The molecule has 0 heterocycles. The van der Waals surface area contributed by atoms with Crippen LogP contribution in [0.1, 0.15) is 26.3 Å².